The van der Waals surface area contributed by atoms with E-state index in [-0.39, 0.29) is 19.1 Å². The van der Waals surface area contributed by atoms with Crippen LogP contribution in [0.4, 0.5) is 5.69 Å². The molecule has 1 aromatic carbocycles. The quantitative estimate of drug-likeness (QED) is 0.741. The van der Waals surface area contributed by atoms with Gasteiger partial charge in [0.25, 0.3) is 0 Å². The third-order valence-electron chi connectivity index (χ3n) is 4.68. The van der Waals surface area contributed by atoms with Gasteiger partial charge in [0.15, 0.2) is 6.61 Å². The van der Waals surface area contributed by atoms with Gasteiger partial charge in [-0.15, -0.1) is 0 Å². The first kappa shape index (κ1) is 19.1. The molecule has 1 saturated carbocycles. The van der Waals surface area contributed by atoms with Crippen molar-refractivity contribution < 1.29 is 19.1 Å². The maximum absolute atomic E-state index is 12.2. The van der Waals surface area contributed by atoms with E-state index in [1.54, 1.807) is 6.07 Å². The molecule has 6 nitrogen and oxygen atoms in total. The zero-order valence-corrected chi connectivity index (χ0v) is 15.3. The zero-order valence-electron chi connectivity index (χ0n) is 15.3. The van der Waals surface area contributed by atoms with Crippen molar-refractivity contribution in [1.82, 2.24) is 5.32 Å². The molecule has 25 heavy (non-hydrogen) atoms. The molecule has 0 aromatic heterocycles. The molecule has 0 unspecified atom stereocenters. The van der Waals surface area contributed by atoms with Crippen molar-refractivity contribution in [2.75, 3.05) is 25.6 Å². The third kappa shape index (κ3) is 5.96. The van der Waals surface area contributed by atoms with Gasteiger partial charge in [-0.1, -0.05) is 19.8 Å². The molecular formula is C19H28N2O4. The van der Waals surface area contributed by atoms with E-state index in [0.717, 1.165) is 17.7 Å². The molecule has 2 N–H and O–H groups in total. The number of benzene rings is 1. The van der Waals surface area contributed by atoms with Gasteiger partial charge in [0.05, 0.1) is 13.7 Å². The minimum Gasteiger partial charge on any atom is -0.482 e. The molecule has 1 aliphatic rings. The first-order valence-corrected chi connectivity index (χ1v) is 8.83. The molecule has 6 heteroatoms. The summed E-state index contributed by atoms with van der Waals surface area (Å²) in [4.78, 5) is 23.3. The summed E-state index contributed by atoms with van der Waals surface area (Å²) >= 11 is 0. The van der Waals surface area contributed by atoms with E-state index in [1.807, 2.05) is 19.1 Å². The number of amides is 1. The average molecular weight is 348 g/mol. The maximum Gasteiger partial charge on any atom is 0.343 e. The molecule has 1 fully saturated rings. The highest BCUT2D eigenvalue weighted by atomic mass is 16.6. The van der Waals surface area contributed by atoms with E-state index in [0.29, 0.717) is 17.7 Å². The van der Waals surface area contributed by atoms with Crippen molar-refractivity contribution in [1.29, 1.82) is 0 Å². The molecule has 0 saturated heterocycles. The summed E-state index contributed by atoms with van der Waals surface area (Å²) in [6.45, 7) is 4.25. The Kier molecular flexibility index (Phi) is 7.10. The maximum atomic E-state index is 12.2. The number of hydrogen-bond donors (Lipinski definition) is 2. The Hall–Kier alpha value is -2.24. The van der Waals surface area contributed by atoms with Gasteiger partial charge >= 0.3 is 5.97 Å². The van der Waals surface area contributed by atoms with Crippen LogP contribution in [0.2, 0.25) is 0 Å². The molecule has 138 valence electrons. The van der Waals surface area contributed by atoms with Crippen LogP contribution in [0.15, 0.2) is 18.2 Å². The number of rotatable bonds is 7. The van der Waals surface area contributed by atoms with E-state index in [4.69, 9.17) is 4.74 Å². The second kappa shape index (κ2) is 9.30. The largest absolute Gasteiger partial charge is 0.482 e. The summed E-state index contributed by atoms with van der Waals surface area (Å²) in [5.74, 6) is 0.734. The van der Waals surface area contributed by atoms with Gasteiger partial charge in [0.2, 0.25) is 5.91 Å². The van der Waals surface area contributed by atoms with Gasteiger partial charge in [-0.2, -0.15) is 0 Å². The van der Waals surface area contributed by atoms with Crippen molar-refractivity contribution in [2.45, 2.75) is 45.6 Å². The number of carbonyl (C=O) groups excluding carboxylic acids is 2. The number of nitrogens with one attached hydrogen (secondary N) is 2. The van der Waals surface area contributed by atoms with Crippen LogP contribution in [0, 0.1) is 12.8 Å². The van der Waals surface area contributed by atoms with E-state index in [2.05, 4.69) is 22.3 Å². The van der Waals surface area contributed by atoms with Crippen LogP contribution in [0.3, 0.4) is 0 Å². The Morgan fingerprint density at radius 3 is 2.68 bits per heavy atom. The molecule has 1 aliphatic carbocycles. The normalized spacial score (nSPS) is 19.8. The molecule has 2 rings (SSSR count). The second-order valence-corrected chi connectivity index (χ2v) is 6.63. The predicted octanol–water partition coefficient (Wildman–Crippen LogP) is 2.65. The summed E-state index contributed by atoms with van der Waals surface area (Å²) in [5, 5.41) is 6.29. The van der Waals surface area contributed by atoms with Crippen molar-refractivity contribution in [3.63, 3.8) is 0 Å². The van der Waals surface area contributed by atoms with Crippen molar-refractivity contribution >= 4 is 17.6 Å². The Morgan fingerprint density at radius 1 is 1.24 bits per heavy atom. The van der Waals surface area contributed by atoms with E-state index < -0.39 is 5.97 Å². The van der Waals surface area contributed by atoms with Crippen LogP contribution in [0.1, 0.15) is 38.2 Å². The molecule has 1 aromatic rings. The fourth-order valence-electron chi connectivity index (χ4n) is 3.09. The topological polar surface area (TPSA) is 76.7 Å². The van der Waals surface area contributed by atoms with Gasteiger partial charge in [0.1, 0.15) is 5.75 Å². The first-order valence-electron chi connectivity index (χ1n) is 8.83. The van der Waals surface area contributed by atoms with Crippen molar-refractivity contribution in [3.8, 4) is 5.75 Å². The molecule has 0 spiro atoms. The predicted molar refractivity (Wildman–Crippen MR) is 96.7 cm³/mol. The molecule has 0 heterocycles. The number of aryl methyl sites for hydroxylation is 1. The Bertz CT molecular complexity index is 603. The summed E-state index contributed by atoms with van der Waals surface area (Å²) in [5.41, 5.74) is 1.82. The fraction of sp³-hybridized carbons (Fsp3) is 0.579. The Balaban J connectivity index is 1.81. The average Bonchev–Trinajstić information content (AvgIpc) is 2.60. The third-order valence-corrected chi connectivity index (χ3v) is 4.68. The van der Waals surface area contributed by atoms with Crippen LogP contribution >= 0.6 is 0 Å². The minimum absolute atomic E-state index is 0.0177. The Labute approximate surface area is 149 Å². The van der Waals surface area contributed by atoms with Gasteiger partial charge < -0.3 is 20.1 Å². The fourth-order valence-corrected chi connectivity index (χ4v) is 3.09. The summed E-state index contributed by atoms with van der Waals surface area (Å²) in [6, 6.07) is 5.72. The lowest BCUT2D eigenvalue weighted by Crippen LogP contribution is -2.43. The molecule has 2 atom stereocenters. The summed E-state index contributed by atoms with van der Waals surface area (Å²) < 4.78 is 9.89. The minimum atomic E-state index is -0.423. The number of anilines is 1. The number of carbonyl (C=O) groups is 2. The van der Waals surface area contributed by atoms with Crippen molar-refractivity contribution in [2.24, 2.45) is 5.92 Å². The number of methoxy groups -OCH3 is 1. The van der Waals surface area contributed by atoms with Crippen LogP contribution in [-0.4, -0.2) is 38.2 Å². The highest BCUT2D eigenvalue weighted by Gasteiger charge is 2.22. The smallest absolute Gasteiger partial charge is 0.343 e. The number of esters is 1. The van der Waals surface area contributed by atoms with Crippen LogP contribution < -0.4 is 15.4 Å². The van der Waals surface area contributed by atoms with Gasteiger partial charge in [-0.3, -0.25) is 4.79 Å². The SMILES string of the molecule is COC(=O)COc1ccc(NCC(=O)N[C@H]2CCCC[C@H]2C)c(C)c1. The lowest BCUT2D eigenvalue weighted by atomic mass is 9.86. The molecule has 0 radical (unpaired) electrons. The van der Waals surface area contributed by atoms with Gasteiger partial charge in [0, 0.05) is 11.7 Å². The van der Waals surface area contributed by atoms with Crippen LogP contribution in [-0.2, 0) is 14.3 Å². The lowest BCUT2D eigenvalue weighted by molar-refractivity contribution is -0.142. The zero-order chi connectivity index (χ0) is 18.2. The lowest BCUT2D eigenvalue weighted by Gasteiger charge is -2.29. The van der Waals surface area contributed by atoms with Crippen LogP contribution in [0.25, 0.3) is 0 Å². The molecule has 1 amide bonds. The standard InChI is InChI=1S/C19H28N2O4/c1-13-6-4-5-7-17(13)21-18(22)11-20-16-9-8-15(10-14(16)2)25-12-19(23)24-3/h8-10,13,17,20H,4-7,11-12H2,1-3H3,(H,21,22)/t13-,17+/m1/s1. The highest BCUT2D eigenvalue weighted by molar-refractivity contribution is 5.81. The van der Waals surface area contributed by atoms with Crippen LogP contribution in [0.5, 0.6) is 5.75 Å². The number of ether oxygens (including phenoxy) is 2. The van der Waals surface area contributed by atoms with Gasteiger partial charge in [-0.25, -0.2) is 4.79 Å². The molecule has 0 bridgehead atoms. The summed E-state index contributed by atoms with van der Waals surface area (Å²) in [7, 11) is 1.32. The highest BCUT2D eigenvalue weighted by Crippen LogP contribution is 2.24. The summed E-state index contributed by atoms with van der Waals surface area (Å²) in [6.07, 6.45) is 4.70. The second-order valence-electron chi connectivity index (χ2n) is 6.63. The Morgan fingerprint density at radius 2 is 2.00 bits per heavy atom. The van der Waals surface area contributed by atoms with E-state index in [9.17, 15) is 9.59 Å². The van der Waals surface area contributed by atoms with Gasteiger partial charge in [-0.05, 0) is 49.4 Å². The van der Waals surface area contributed by atoms with E-state index >= 15 is 0 Å². The molecular weight excluding hydrogens is 320 g/mol. The number of hydrogen-bond acceptors (Lipinski definition) is 5. The van der Waals surface area contributed by atoms with E-state index in [1.165, 1.54) is 26.4 Å². The van der Waals surface area contributed by atoms with Crippen molar-refractivity contribution in [3.05, 3.63) is 23.8 Å². The molecule has 0 aliphatic heterocycles. The monoisotopic (exact) mass is 348 g/mol. The first-order chi connectivity index (χ1) is 12.0.